The van der Waals surface area contributed by atoms with Crippen molar-refractivity contribution in [3.05, 3.63) is 182 Å². The van der Waals surface area contributed by atoms with Crippen LogP contribution in [-0.4, -0.2) is 19.5 Å². The van der Waals surface area contributed by atoms with Crippen LogP contribution < -0.4 is 0 Å². The normalized spacial score (nSPS) is 11.9. The van der Waals surface area contributed by atoms with Gasteiger partial charge in [-0.1, -0.05) is 133 Å². The van der Waals surface area contributed by atoms with Gasteiger partial charge in [-0.15, -0.1) is 11.3 Å². The van der Waals surface area contributed by atoms with Crippen molar-refractivity contribution in [2.24, 2.45) is 0 Å². The van der Waals surface area contributed by atoms with E-state index in [1.165, 1.54) is 37.3 Å². The number of fused-ring (bicyclic) bond motifs is 9. The summed E-state index contributed by atoms with van der Waals surface area (Å²) in [7, 11) is 0. The van der Waals surface area contributed by atoms with Crippen molar-refractivity contribution >= 4 is 75.3 Å². The van der Waals surface area contributed by atoms with Crippen LogP contribution in [-0.2, 0) is 0 Å². The molecule has 0 saturated heterocycles. The zero-order chi connectivity index (χ0) is 37.5. The Labute approximate surface area is 330 Å². The molecular weight excluding hydrogens is 717 g/mol. The Morgan fingerprint density at radius 1 is 0.404 bits per heavy atom. The average Bonchev–Trinajstić information content (AvgIpc) is 3.96. The summed E-state index contributed by atoms with van der Waals surface area (Å²) < 4.78 is 11.4. The Bertz CT molecular complexity index is 3420. The van der Waals surface area contributed by atoms with Gasteiger partial charge >= 0.3 is 0 Å². The first kappa shape index (κ1) is 31.9. The third-order valence-corrected chi connectivity index (χ3v) is 12.3. The molecule has 12 aromatic rings. The van der Waals surface area contributed by atoms with Gasteiger partial charge in [0.05, 0.1) is 22.1 Å². The number of aromatic nitrogens is 4. The molecule has 0 radical (unpaired) electrons. The van der Waals surface area contributed by atoms with E-state index in [-0.39, 0.29) is 0 Å². The van der Waals surface area contributed by atoms with E-state index in [4.69, 9.17) is 19.4 Å². The van der Waals surface area contributed by atoms with Gasteiger partial charge in [-0.05, 0) is 59.7 Å². The second-order valence-electron chi connectivity index (χ2n) is 14.3. The van der Waals surface area contributed by atoms with Crippen molar-refractivity contribution in [3.63, 3.8) is 0 Å². The number of para-hydroxylation sites is 2. The van der Waals surface area contributed by atoms with Gasteiger partial charge in [0.2, 0.25) is 0 Å². The molecule has 12 rings (SSSR count). The predicted molar refractivity (Wildman–Crippen MR) is 236 cm³/mol. The second kappa shape index (κ2) is 12.6. The molecule has 5 nitrogen and oxygen atoms in total. The fraction of sp³-hybridized carbons (Fsp3) is 0. The molecule has 0 aliphatic rings. The van der Waals surface area contributed by atoms with Gasteiger partial charge in [-0.2, -0.15) is 0 Å². The predicted octanol–water partition coefficient (Wildman–Crippen LogP) is 13.9. The van der Waals surface area contributed by atoms with E-state index >= 15 is 0 Å². The Balaban J connectivity index is 1.03. The summed E-state index contributed by atoms with van der Waals surface area (Å²) in [6.07, 6.45) is 0. The lowest BCUT2D eigenvalue weighted by atomic mass is 9.97. The lowest BCUT2D eigenvalue weighted by Gasteiger charge is -2.10. The molecule has 0 aliphatic carbocycles. The molecule has 6 heteroatoms. The molecule has 4 heterocycles. The number of nitrogens with zero attached hydrogens (tertiary/aromatic N) is 4. The number of thiophene rings is 1. The van der Waals surface area contributed by atoms with Crippen LogP contribution in [0.5, 0.6) is 0 Å². The largest absolute Gasteiger partial charge is 0.456 e. The Morgan fingerprint density at radius 2 is 1.00 bits per heavy atom. The Kier molecular flexibility index (Phi) is 7.03. The monoisotopic (exact) mass is 746 g/mol. The first-order chi connectivity index (χ1) is 28.3. The van der Waals surface area contributed by atoms with Crippen LogP contribution in [0.15, 0.2) is 186 Å². The molecule has 0 aliphatic heterocycles. The number of hydrogen-bond acceptors (Lipinski definition) is 5. The van der Waals surface area contributed by atoms with Crippen LogP contribution in [0, 0.1) is 0 Å². The lowest BCUT2D eigenvalue weighted by molar-refractivity contribution is 0.669. The maximum atomic E-state index is 6.70. The quantitative estimate of drug-likeness (QED) is 0.176. The molecule has 4 aromatic heterocycles. The van der Waals surface area contributed by atoms with Crippen LogP contribution in [0.25, 0.3) is 115 Å². The van der Waals surface area contributed by atoms with E-state index in [0.717, 1.165) is 60.1 Å². The molecule has 0 fully saturated rings. The van der Waals surface area contributed by atoms with Crippen LogP contribution in [0.1, 0.15) is 0 Å². The summed E-state index contributed by atoms with van der Waals surface area (Å²) in [5.74, 6) is 1.96. The molecule has 0 spiro atoms. The van der Waals surface area contributed by atoms with Crippen molar-refractivity contribution in [2.75, 3.05) is 0 Å². The highest BCUT2D eigenvalue weighted by atomic mass is 32.1. The minimum atomic E-state index is 0.652. The SMILES string of the molecule is c1ccc(-c2nc(-c3ccccc3)nc(-c3cccc4c3sc3cccc(-c5ccc6c(c5)oc5cccc(-n7c8ccccc8c8ccccc87)c56)c34)n2)cc1. The smallest absolute Gasteiger partial charge is 0.165 e. The minimum Gasteiger partial charge on any atom is -0.456 e. The van der Waals surface area contributed by atoms with E-state index in [1.54, 1.807) is 11.3 Å². The van der Waals surface area contributed by atoms with Gasteiger partial charge in [0, 0.05) is 53.0 Å². The first-order valence-electron chi connectivity index (χ1n) is 19.0. The molecule has 0 amide bonds. The fourth-order valence-electron chi connectivity index (χ4n) is 8.54. The average molecular weight is 747 g/mol. The highest BCUT2D eigenvalue weighted by molar-refractivity contribution is 7.26. The summed E-state index contributed by atoms with van der Waals surface area (Å²) in [5.41, 5.74) is 10.3. The summed E-state index contributed by atoms with van der Waals surface area (Å²) in [4.78, 5) is 15.1. The van der Waals surface area contributed by atoms with E-state index < -0.39 is 0 Å². The van der Waals surface area contributed by atoms with E-state index in [1.807, 2.05) is 60.7 Å². The van der Waals surface area contributed by atoms with E-state index in [0.29, 0.717) is 17.5 Å². The molecule has 0 atom stereocenters. The second-order valence-corrected chi connectivity index (χ2v) is 15.4. The van der Waals surface area contributed by atoms with Gasteiger partial charge in [0.25, 0.3) is 0 Å². The van der Waals surface area contributed by atoms with E-state index in [9.17, 15) is 0 Å². The highest BCUT2D eigenvalue weighted by Gasteiger charge is 2.21. The third kappa shape index (κ3) is 4.98. The van der Waals surface area contributed by atoms with Gasteiger partial charge in [-0.3, -0.25) is 0 Å². The Morgan fingerprint density at radius 3 is 1.72 bits per heavy atom. The van der Waals surface area contributed by atoms with Gasteiger partial charge < -0.3 is 8.98 Å². The van der Waals surface area contributed by atoms with Gasteiger partial charge in [0.1, 0.15) is 11.2 Å². The van der Waals surface area contributed by atoms with Gasteiger partial charge in [0.15, 0.2) is 17.5 Å². The first-order valence-corrected chi connectivity index (χ1v) is 19.8. The maximum absolute atomic E-state index is 6.70. The van der Waals surface area contributed by atoms with Crippen LogP contribution >= 0.6 is 11.3 Å². The molecule has 0 N–H and O–H groups in total. The van der Waals surface area contributed by atoms with Crippen molar-refractivity contribution in [2.45, 2.75) is 0 Å². The Hall–Kier alpha value is -7.41. The number of furan rings is 1. The van der Waals surface area contributed by atoms with Gasteiger partial charge in [-0.25, -0.2) is 15.0 Å². The molecule has 57 heavy (non-hydrogen) atoms. The third-order valence-electron chi connectivity index (χ3n) is 11.1. The number of benzene rings is 8. The number of hydrogen-bond donors (Lipinski definition) is 0. The molecule has 0 saturated carbocycles. The zero-order valence-corrected chi connectivity index (χ0v) is 31.2. The summed E-state index contributed by atoms with van der Waals surface area (Å²) in [5, 5.41) is 7.06. The van der Waals surface area contributed by atoms with Crippen molar-refractivity contribution in [1.29, 1.82) is 0 Å². The summed E-state index contributed by atoms with van der Waals surface area (Å²) in [6, 6.07) is 63.7. The van der Waals surface area contributed by atoms with E-state index in [2.05, 4.69) is 126 Å². The topological polar surface area (TPSA) is 56.7 Å². The lowest BCUT2D eigenvalue weighted by Crippen LogP contribution is -2.00. The molecule has 0 bridgehead atoms. The van der Waals surface area contributed by atoms with Crippen molar-refractivity contribution < 1.29 is 4.42 Å². The standard InChI is InChI=1S/C51H30N4OS/c1-3-14-31(15-4-1)49-52-50(32-16-5-2-6-17-32)54-51(53-49)39-22-11-21-38-46-34(20-12-27-45(46)57-48(38)39)33-28-29-37-44(30-33)56-43-26-13-25-42(47(37)43)55-40-23-9-7-18-35(40)36-19-8-10-24-41(36)55/h1-30H. The summed E-state index contributed by atoms with van der Waals surface area (Å²) in [6.45, 7) is 0. The highest BCUT2D eigenvalue weighted by Crippen LogP contribution is 2.45. The molecular formula is C51H30N4OS. The minimum absolute atomic E-state index is 0.652. The fourth-order valence-corrected chi connectivity index (χ4v) is 9.77. The van der Waals surface area contributed by atoms with Crippen LogP contribution in [0.3, 0.4) is 0 Å². The maximum Gasteiger partial charge on any atom is 0.165 e. The summed E-state index contributed by atoms with van der Waals surface area (Å²) >= 11 is 1.78. The van der Waals surface area contributed by atoms with Crippen LogP contribution in [0.4, 0.5) is 0 Å². The molecule has 0 unspecified atom stereocenters. The number of rotatable bonds is 5. The molecule has 8 aromatic carbocycles. The van der Waals surface area contributed by atoms with Crippen molar-refractivity contribution in [1.82, 2.24) is 19.5 Å². The van der Waals surface area contributed by atoms with Crippen LogP contribution in [0.2, 0.25) is 0 Å². The van der Waals surface area contributed by atoms with Crippen molar-refractivity contribution in [3.8, 4) is 51.0 Å². The zero-order valence-electron chi connectivity index (χ0n) is 30.4. The molecule has 266 valence electrons.